The number of furan rings is 1. The standard InChI is InChI=1S/C19H19NO3/c1-2-4-15(5-3-1)19(18-13-20-9-11-22-18)23-16-7-6-14-8-10-21-17(14)12-16/h1-8,10,12,18-20H,9,11,13H2/t18-,19+/m1/s1. The van der Waals surface area contributed by atoms with Gasteiger partial charge in [-0.2, -0.15) is 0 Å². The van der Waals surface area contributed by atoms with Crippen LogP contribution in [0.3, 0.4) is 0 Å². The lowest BCUT2D eigenvalue weighted by Gasteiger charge is -2.31. The summed E-state index contributed by atoms with van der Waals surface area (Å²) >= 11 is 0. The summed E-state index contributed by atoms with van der Waals surface area (Å²) in [5.74, 6) is 0.787. The van der Waals surface area contributed by atoms with Crippen molar-refractivity contribution in [3.63, 3.8) is 0 Å². The van der Waals surface area contributed by atoms with Crippen LogP contribution in [0.5, 0.6) is 5.75 Å². The molecule has 0 saturated carbocycles. The van der Waals surface area contributed by atoms with Crippen LogP contribution in [0.2, 0.25) is 0 Å². The van der Waals surface area contributed by atoms with Crippen LogP contribution in [-0.2, 0) is 4.74 Å². The van der Waals surface area contributed by atoms with Crippen molar-refractivity contribution in [2.24, 2.45) is 0 Å². The Bertz CT molecular complexity index is 762. The van der Waals surface area contributed by atoms with Crippen LogP contribution in [0.4, 0.5) is 0 Å². The maximum absolute atomic E-state index is 6.29. The van der Waals surface area contributed by atoms with E-state index < -0.39 is 0 Å². The van der Waals surface area contributed by atoms with Crippen molar-refractivity contribution in [1.29, 1.82) is 0 Å². The molecule has 0 unspecified atom stereocenters. The predicted octanol–water partition coefficient (Wildman–Crippen LogP) is 3.54. The van der Waals surface area contributed by atoms with Crippen LogP contribution >= 0.6 is 0 Å². The van der Waals surface area contributed by atoms with Gasteiger partial charge in [-0.15, -0.1) is 0 Å². The second-order valence-electron chi connectivity index (χ2n) is 5.68. The normalized spacial score (nSPS) is 19.6. The second kappa shape index (κ2) is 6.44. The van der Waals surface area contributed by atoms with Crippen molar-refractivity contribution in [1.82, 2.24) is 5.32 Å². The Kier molecular flexibility index (Phi) is 4.01. The summed E-state index contributed by atoms with van der Waals surface area (Å²) in [7, 11) is 0. The molecule has 3 aromatic rings. The minimum atomic E-state index is -0.156. The molecule has 1 N–H and O–H groups in total. The van der Waals surface area contributed by atoms with E-state index >= 15 is 0 Å². The van der Waals surface area contributed by atoms with Gasteiger partial charge in [0.25, 0.3) is 0 Å². The molecule has 2 aromatic carbocycles. The Balaban J connectivity index is 1.63. The summed E-state index contributed by atoms with van der Waals surface area (Å²) in [6.07, 6.45) is 1.52. The first-order chi connectivity index (χ1) is 11.4. The van der Waals surface area contributed by atoms with Crippen LogP contribution < -0.4 is 10.1 Å². The molecule has 4 nitrogen and oxygen atoms in total. The molecule has 4 rings (SSSR count). The fourth-order valence-electron chi connectivity index (χ4n) is 2.94. The quantitative estimate of drug-likeness (QED) is 0.800. The molecule has 2 heterocycles. The van der Waals surface area contributed by atoms with E-state index in [1.807, 2.05) is 42.5 Å². The first kappa shape index (κ1) is 14.3. The minimum absolute atomic E-state index is 0.0153. The van der Waals surface area contributed by atoms with E-state index in [4.69, 9.17) is 13.9 Å². The van der Waals surface area contributed by atoms with Crippen LogP contribution in [0, 0.1) is 0 Å². The lowest BCUT2D eigenvalue weighted by Crippen LogP contribution is -2.43. The molecule has 2 atom stereocenters. The van der Waals surface area contributed by atoms with E-state index in [0.717, 1.165) is 35.4 Å². The highest BCUT2D eigenvalue weighted by molar-refractivity contribution is 5.78. The maximum atomic E-state index is 6.29. The van der Waals surface area contributed by atoms with Crippen molar-refractivity contribution in [3.8, 4) is 5.75 Å². The molecule has 0 radical (unpaired) electrons. The molecule has 118 valence electrons. The number of morpholine rings is 1. The van der Waals surface area contributed by atoms with Crippen molar-refractivity contribution in [3.05, 3.63) is 66.4 Å². The summed E-state index contributed by atoms with van der Waals surface area (Å²) < 4.78 is 17.7. The van der Waals surface area contributed by atoms with Crippen LogP contribution in [0.1, 0.15) is 11.7 Å². The molecule has 0 aliphatic carbocycles. The molecule has 4 heteroatoms. The first-order valence-corrected chi connectivity index (χ1v) is 7.91. The Labute approximate surface area is 135 Å². The number of rotatable bonds is 4. The topological polar surface area (TPSA) is 43.6 Å². The maximum Gasteiger partial charge on any atom is 0.151 e. The summed E-state index contributed by atoms with van der Waals surface area (Å²) in [6.45, 7) is 2.37. The molecule has 1 fully saturated rings. The molecule has 1 aliphatic rings. The number of hydrogen-bond donors (Lipinski definition) is 1. The lowest BCUT2D eigenvalue weighted by molar-refractivity contribution is -0.0432. The number of hydrogen-bond acceptors (Lipinski definition) is 4. The zero-order chi connectivity index (χ0) is 15.5. The van der Waals surface area contributed by atoms with E-state index in [-0.39, 0.29) is 12.2 Å². The highest BCUT2D eigenvalue weighted by atomic mass is 16.5. The first-order valence-electron chi connectivity index (χ1n) is 7.91. The van der Waals surface area contributed by atoms with Gasteiger partial charge in [-0.25, -0.2) is 0 Å². The van der Waals surface area contributed by atoms with Gasteiger partial charge in [0.05, 0.1) is 12.9 Å². The van der Waals surface area contributed by atoms with E-state index in [0.29, 0.717) is 6.61 Å². The molecule has 1 aliphatic heterocycles. The summed E-state index contributed by atoms with van der Waals surface area (Å²) in [5, 5.41) is 4.45. The van der Waals surface area contributed by atoms with Gasteiger partial charge < -0.3 is 19.2 Å². The molecule has 1 aromatic heterocycles. The molecular weight excluding hydrogens is 290 g/mol. The fraction of sp³-hybridized carbons (Fsp3) is 0.263. The van der Waals surface area contributed by atoms with Gasteiger partial charge in [-0.3, -0.25) is 0 Å². The molecule has 1 saturated heterocycles. The highest BCUT2D eigenvalue weighted by Crippen LogP contribution is 2.29. The van der Waals surface area contributed by atoms with Gasteiger partial charge in [0.15, 0.2) is 6.10 Å². The van der Waals surface area contributed by atoms with Crippen molar-refractivity contribution in [2.45, 2.75) is 12.2 Å². The largest absolute Gasteiger partial charge is 0.483 e. The van der Waals surface area contributed by atoms with E-state index in [2.05, 4.69) is 17.4 Å². The average Bonchev–Trinajstić information content (AvgIpc) is 3.09. The lowest BCUT2D eigenvalue weighted by atomic mass is 10.0. The number of fused-ring (bicyclic) bond motifs is 1. The fourth-order valence-corrected chi connectivity index (χ4v) is 2.94. The van der Waals surface area contributed by atoms with Gasteiger partial charge >= 0.3 is 0 Å². The van der Waals surface area contributed by atoms with Crippen molar-refractivity contribution >= 4 is 11.0 Å². The smallest absolute Gasteiger partial charge is 0.151 e. The molecule has 0 spiro atoms. The Morgan fingerprint density at radius 1 is 1.09 bits per heavy atom. The van der Waals surface area contributed by atoms with Gasteiger partial charge in [-0.1, -0.05) is 30.3 Å². The van der Waals surface area contributed by atoms with Gasteiger partial charge in [0.1, 0.15) is 17.4 Å². The monoisotopic (exact) mass is 309 g/mol. The zero-order valence-corrected chi connectivity index (χ0v) is 12.8. The minimum Gasteiger partial charge on any atom is -0.483 e. The predicted molar refractivity (Wildman–Crippen MR) is 88.6 cm³/mol. The Hall–Kier alpha value is -2.30. The Morgan fingerprint density at radius 3 is 2.83 bits per heavy atom. The average molecular weight is 309 g/mol. The summed E-state index contributed by atoms with van der Waals surface area (Å²) in [6, 6.07) is 18.1. The summed E-state index contributed by atoms with van der Waals surface area (Å²) in [5.41, 5.74) is 1.94. The van der Waals surface area contributed by atoms with Crippen molar-refractivity contribution < 1.29 is 13.9 Å². The van der Waals surface area contributed by atoms with Crippen LogP contribution in [0.15, 0.2) is 65.3 Å². The summed E-state index contributed by atoms with van der Waals surface area (Å²) in [4.78, 5) is 0. The van der Waals surface area contributed by atoms with Gasteiger partial charge in [0, 0.05) is 24.5 Å². The van der Waals surface area contributed by atoms with E-state index in [1.54, 1.807) is 6.26 Å². The molecule has 0 bridgehead atoms. The molecule has 23 heavy (non-hydrogen) atoms. The second-order valence-corrected chi connectivity index (χ2v) is 5.68. The van der Waals surface area contributed by atoms with E-state index in [9.17, 15) is 0 Å². The highest BCUT2D eigenvalue weighted by Gasteiger charge is 2.27. The van der Waals surface area contributed by atoms with Gasteiger partial charge in [0.2, 0.25) is 0 Å². The molecular formula is C19H19NO3. The van der Waals surface area contributed by atoms with Gasteiger partial charge in [-0.05, 0) is 23.8 Å². The number of nitrogens with one attached hydrogen (secondary N) is 1. The number of ether oxygens (including phenoxy) is 2. The number of benzene rings is 2. The van der Waals surface area contributed by atoms with E-state index in [1.165, 1.54) is 0 Å². The van der Waals surface area contributed by atoms with Crippen molar-refractivity contribution in [2.75, 3.05) is 19.7 Å². The molecule has 0 amide bonds. The van der Waals surface area contributed by atoms with Crippen LogP contribution in [0.25, 0.3) is 11.0 Å². The third kappa shape index (κ3) is 3.09. The third-order valence-electron chi connectivity index (χ3n) is 4.11. The Morgan fingerprint density at radius 2 is 2.00 bits per heavy atom. The SMILES string of the molecule is c1ccc([C@H](Oc2ccc3ccoc3c2)[C@H]2CNCCO2)cc1. The zero-order valence-electron chi connectivity index (χ0n) is 12.8. The third-order valence-corrected chi connectivity index (χ3v) is 4.11. The van der Waals surface area contributed by atoms with Crippen LogP contribution in [-0.4, -0.2) is 25.8 Å².